The number of carboxylic acid groups (broad SMARTS) is 1. The third kappa shape index (κ3) is 3.37. The van der Waals surface area contributed by atoms with Gasteiger partial charge < -0.3 is 5.11 Å². The van der Waals surface area contributed by atoms with Gasteiger partial charge in [0.15, 0.2) is 0 Å². The highest BCUT2D eigenvalue weighted by Gasteiger charge is 2.01. The highest BCUT2D eigenvalue weighted by molar-refractivity contribution is 7.98. The van der Waals surface area contributed by atoms with Crippen LogP contribution in [0.15, 0.2) is 11.4 Å². The van der Waals surface area contributed by atoms with E-state index in [2.05, 4.69) is 15.2 Å². The van der Waals surface area contributed by atoms with Crippen molar-refractivity contribution in [2.24, 2.45) is 0 Å². The maximum absolute atomic E-state index is 10.2. The molecule has 0 atom stereocenters. The van der Waals surface area contributed by atoms with Crippen molar-refractivity contribution < 1.29 is 9.90 Å². The van der Waals surface area contributed by atoms with Gasteiger partial charge in [-0.2, -0.15) is 5.10 Å². The van der Waals surface area contributed by atoms with Gasteiger partial charge in [-0.3, -0.25) is 4.79 Å². The van der Waals surface area contributed by atoms with Crippen LogP contribution in [0.5, 0.6) is 0 Å². The van der Waals surface area contributed by atoms with Gasteiger partial charge in [0.2, 0.25) is 5.16 Å². The maximum atomic E-state index is 10.2. The largest absolute Gasteiger partial charge is 0.481 e. The molecule has 1 rings (SSSR count). The molecule has 0 aliphatic heterocycles. The van der Waals surface area contributed by atoms with Crippen LogP contribution in [0.3, 0.4) is 0 Å². The van der Waals surface area contributed by atoms with E-state index in [9.17, 15) is 4.79 Å². The summed E-state index contributed by atoms with van der Waals surface area (Å²) < 4.78 is 0. The lowest BCUT2D eigenvalue weighted by Crippen LogP contribution is -2.01. The fraction of sp³-hybridized carbons (Fsp3) is 0.429. The molecule has 5 nitrogen and oxygen atoms in total. The second-order valence-electron chi connectivity index (χ2n) is 2.33. The molecular weight excluding hydrogens is 190 g/mol. The lowest BCUT2D eigenvalue weighted by atomic mass is 10.2. The quantitative estimate of drug-likeness (QED) is 0.716. The van der Waals surface area contributed by atoms with Crippen molar-refractivity contribution >= 4 is 17.7 Å². The molecule has 0 saturated carbocycles. The molecule has 0 radical (unpaired) electrons. The maximum Gasteiger partial charge on any atom is 0.303 e. The van der Waals surface area contributed by atoms with Gasteiger partial charge in [-0.25, -0.2) is 4.98 Å². The summed E-state index contributed by atoms with van der Waals surface area (Å²) in [7, 11) is 0. The fourth-order valence-electron chi connectivity index (χ4n) is 0.731. The third-order valence-electron chi connectivity index (χ3n) is 1.37. The van der Waals surface area contributed by atoms with Crippen LogP contribution in [0.25, 0.3) is 0 Å². The number of aryl methyl sites for hydroxylation is 1. The molecule has 0 aliphatic carbocycles. The van der Waals surface area contributed by atoms with Crippen LogP contribution >= 0.6 is 11.8 Å². The summed E-state index contributed by atoms with van der Waals surface area (Å²) >= 11 is 1.40. The first kappa shape index (κ1) is 9.91. The third-order valence-corrected chi connectivity index (χ3v) is 1.92. The van der Waals surface area contributed by atoms with Crippen molar-refractivity contribution in [3.05, 3.63) is 11.9 Å². The number of nitrogens with zero attached hydrogens (tertiary/aromatic N) is 3. The van der Waals surface area contributed by atoms with Crippen LogP contribution in [-0.4, -0.2) is 32.5 Å². The van der Waals surface area contributed by atoms with E-state index < -0.39 is 5.97 Å². The van der Waals surface area contributed by atoms with Crippen LogP contribution in [-0.2, 0) is 11.2 Å². The summed E-state index contributed by atoms with van der Waals surface area (Å²) in [5.41, 5.74) is 0.611. The minimum atomic E-state index is -0.837. The Morgan fingerprint density at radius 2 is 2.38 bits per heavy atom. The number of aliphatic carboxylic acids is 1. The van der Waals surface area contributed by atoms with Gasteiger partial charge in [0, 0.05) is 6.42 Å². The van der Waals surface area contributed by atoms with Crippen molar-refractivity contribution in [2.75, 3.05) is 6.26 Å². The highest BCUT2D eigenvalue weighted by atomic mass is 32.2. The van der Waals surface area contributed by atoms with Gasteiger partial charge in [-0.1, -0.05) is 11.8 Å². The highest BCUT2D eigenvalue weighted by Crippen LogP contribution is 2.05. The van der Waals surface area contributed by atoms with Crippen LogP contribution in [0.2, 0.25) is 0 Å². The number of carbonyl (C=O) groups is 1. The van der Waals surface area contributed by atoms with Crippen LogP contribution in [0, 0.1) is 0 Å². The summed E-state index contributed by atoms with van der Waals surface area (Å²) in [6, 6.07) is 0. The molecule has 1 N–H and O–H groups in total. The molecule has 0 aromatic carbocycles. The van der Waals surface area contributed by atoms with E-state index in [1.807, 2.05) is 6.26 Å². The Labute approximate surface area is 79.6 Å². The fourth-order valence-corrected chi connectivity index (χ4v) is 1.01. The molecule has 6 heteroatoms. The summed E-state index contributed by atoms with van der Waals surface area (Å²) in [5.74, 6) is -0.837. The molecule has 0 bridgehead atoms. The van der Waals surface area contributed by atoms with E-state index >= 15 is 0 Å². The van der Waals surface area contributed by atoms with Gasteiger partial charge in [0.1, 0.15) is 0 Å². The van der Waals surface area contributed by atoms with E-state index in [0.717, 1.165) is 0 Å². The average molecular weight is 199 g/mol. The number of hydrogen-bond acceptors (Lipinski definition) is 5. The number of carboxylic acids is 1. The smallest absolute Gasteiger partial charge is 0.303 e. The lowest BCUT2D eigenvalue weighted by molar-refractivity contribution is -0.136. The van der Waals surface area contributed by atoms with Crippen LogP contribution in [0.1, 0.15) is 12.1 Å². The van der Waals surface area contributed by atoms with Crippen molar-refractivity contribution in [3.63, 3.8) is 0 Å². The van der Waals surface area contributed by atoms with Crippen molar-refractivity contribution in [1.29, 1.82) is 0 Å². The molecule has 13 heavy (non-hydrogen) atoms. The molecule has 70 valence electrons. The summed E-state index contributed by atoms with van der Waals surface area (Å²) in [6.07, 6.45) is 3.86. The Balaban J connectivity index is 2.54. The Hall–Kier alpha value is -1.17. The SMILES string of the molecule is CSc1ncc(CCC(=O)O)nn1. The van der Waals surface area contributed by atoms with Crippen molar-refractivity contribution in [3.8, 4) is 0 Å². The summed E-state index contributed by atoms with van der Waals surface area (Å²) in [6.45, 7) is 0. The van der Waals surface area contributed by atoms with E-state index in [1.54, 1.807) is 6.20 Å². The Morgan fingerprint density at radius 3 is 2.85 bits per heavy atom. The molecule has 0 unspecified atom stereocenters. The number of thioether (sulfide) groups is 1. The van der Waals surface area contributed by atoms with E-state index in [-0.39, 0.29) is 6.42 Å². The van der Waals surface area contributed by atoms with Gasteiger partial charge in [-0.05, 0) is 6.26 Å². The standard InChI is InChI=1S/C7H9N3O2S/c1-13-7-8-4-5(9-10-7)2-3-6(11)12/h4H,2-3H2,1H3,(H,11,12). The minimum absolute atomic E-state index is 0.0645. The van der Waals surface area contributed by atoms with Gasteiger partial charge in [-0.15, -0.1) is 5.10 Å². The second-order valence-corrected chi connectivity index (χ2v) is 3.10. The van der Waals surface area contributed by atoms with Crippen molar-refractivity contribution in [1.82, 2.24) is 15.2 Å². The number of rotatable bonds is 4. The molecule has 0 spiro atoms. The molecule has 1 heterocycles. The van der Waals surface area contributed by atoms with E-state index in [0.29, 0.717) is 17.3 Å². The summed E-state index contributed by atoms with van der Waals surface area (Å²) in [5, 5.41) is 16.6. The van der Waals surface area contributed by atoms with Gasteiger partial charge in [0.25, 0.3) is 0 Å². The summed E-state index contributed by atoms with van der Waals surface area (Å²) in [4.78, 5) is 14.2. The van der Waals surface area contributed by atoms with Gasteiger partial charge in [0.05, 0.1) is 18.3 Å². The predicted molar refractivity (Wildman–Crippen MR) is 47.6 cm³/mol. The second kappa shape index (κ2) is 4.76. The molecule has 1 aromatic heterocycles. The van der Waals surface area contributed by atoms with Crippen LogP contribution in [0.4, 0.5) is 0 Å². The zero-order valence-electron chi connectivity index (χ0n) is 7.10. The molecule has 0 aliphatic rings. The number of aromatic nitrogens is 3. The minimum Gasteiger partial charge on any atom is -0.481 e. The zero-order chi connectivity index (χ0) is 9.68. The molecule has 0 amide bonds. The first-order chi connectivity index (χ1) is 6.22. The van der Waals surface area contributed by atoms with Crippen LogP contribution < -0.4 is 0 Å². The first-order valence-corrected chi connectivity index (χ1v) is 4.89. The molecular formula is C7H9N3O2S. The Morgan fingerprint density at radius 1 is 1.62 bits per heavy atom. The lowest BCUT2D eigenvalue weighted by Gasteiger charge is -1.96. The predicted octanol–water partition coefficient (Wildman–Crippen LogP) is 0.611. The number of hydrogen-bond donors (Lipinski definition) is 1. The monoisotopic (exact) mass is 199 g/mol. The normalized spacial score (nSPS) is 9.92. The van der Waals surface area contributed by atoms with E-state index in [4.69, 9.17) is 5.11 Å². The average Bonchev–Trinajstić information content (AvgIpc) is 2.15. The Kier molecular flexibility index (Phi) is 3.63. The van der Waals surface area contributed by atoms with Gasteiger partial charge >= 0.3 is 5.97 Å². The first-order valence-electron chi connectivity index (χ1n) is 3.66. The Bertz CT molecular complexity index is 288. The van der Waals surface area contributed by atoms with E-state index in [1.165, 1.54) is 11.8 Å². The molecule has 0 saturated heterocycles. The molecule has 0 fully saturated rings. The molecule has 1 aromatic rings. The zero-order valence-corrected chi connectivity index (χ0v) is 7.91. The topological polar surface area (TPSA) is 76.0 Å². The van der Waals surface area contributed by atoms with Crippen molar-refractivity contribution in [2.45, 2.75) is 18.0 Å².